The van der Waals surface area contributed by atoms with Crippen LogP contribution in [-0.2, 0) is 37.1 Å². The Kier molecular flexibility index (Phi) is 5.61. The zero-order valence-electron chi connectivity index (χ0n) is 16.5. The standard InChI is InChI=1S/C18H26NO8Si/c1-11(2)17(22)26-10-18-7-6-12(27-18)13-14(18)16(21)19(15(13)20)8-9-28(23-3,24-4)25-5/h6-7,12-14,28H,1,8-10H2,2-5H3/q-1. The molecule has 3 heterocycles. The van der Waals surface area contributed by atoms with Crippen molar-refractivity contribution in [2.24, 2.45) is 11.8 Å². The third-order valence-corrected chi connectivity index (χ3v) is 8.93. The number of hydrogen-bond donors (Lipinski definition) is 0. The average Bonchev–Trinajstić information content (AvgIpc) is 3.33. The van der Waals surface area contributed by atoms with Crippen LogP contribution in [0.3, 0.4) is 0 Å². The number of likely N-dealkylation sites (tertiary alicyclic amines) is 1. The summed E-state index contributed by atoms with van der Waals surface area (Å²) in [6.07, 6.45) is 2.97. The minimum absolute atomic E-state index is 0.138. The molecule has 0 aromatic heterocycles. The molecule has 2 bridgehead atoms. The summed E-state index contributed by atoms with van der Waals surface area (Å²) in [5.74, 6) is -2.55. The first-order chi connectivity index (χ1) is 13.2. The topological polar surface area (TPSA) is 101 Å². The number of nitrogens with zero attached hydrogens (tertiary/aromatic N) is 1. The van der Waals surface area contributed by atoms with E-state index >= 15 is 0 Å². The van der Waals surface area contributed by atoms with Gasteiger partial charge in [-0.15, -0.1) is 0 Å². The van der Waals surface area contributed by atoms with Gasteiger partial charge in [0, 0.05) is 0 Å². The Morgan fingerprint density at radius 3 is 2.46 bits per heavy atom. The first kappa shape index (κ1) is 20.9. The summed E-state index contributed by atoms with van der Waals surface area (Å²) < 4.78 is 27.3. The number of imide groups is 1. The summed E-state index contributed by atoms with van der Waals surface area (Å²) in [5.41, 5.74) is -0.872. The number of ether oxygens (including phenoxy) is 2. The molecule has 4 unspecified atom stereocenters. The van der Waals surface area contributed by atoms with Crippen molar-refractivity contribution >= 4 is 26.6 Å². The molecule has 4 atom stereocenters. The van der Waals surface area contributed by atoms with Gasteiger partial charge >= 0.3 is 164 Å². The Morgan fingerprint density at radius 1 is 1.25 bits per heavy atom. The van der Waals surface area contributed by atoms with E-state index < -0.39 is 38.3 Å². The molecule has 3 aliphatic rings. The van der Waals surface area contributed by atoms with E-state index in [0.717, 1.165) is 0 Å². The van der Waals surface area contributed by atoms with Crippen LogP contribution >= 0.6 is 0 Å². The molecule has 28 heavy (non-hydrogen) atoms. The average molecular weight is 412 g/mol. The van der Waals surface area contributed by atoms with Crippen LogP contribution in [-0.4, -0.2) is 77.7 Å². The third kappa shape index (κ3) is 3.14. The fourth-order valence-corrected chi connectivity index (χ4v) is 6.04. The molecule has 10 heteroatoms. The molecule has 2 amide bonds. The van der Waals surface area contributed by atoms with Crippen molar-refractivity contribution in [3.63, 3.8) is 0 Å². The van der Waals surface area contributed by atoms with Gasteiger partial charge in [-0.3, -0.25) is 0 Å². The van der Waals surface area contributed by atoms with E-state index in [0.29, 0.717) is 6.04 Å². The second-order valence-electron chi connectivity index (χ2n) is 7.37. The van der Waals surface area contributed by atoms with Crippen LogP contribution < -0.4 is 0 Å². The Bertz CT molecular complexity index is 725. The van der Waals surface area contributed by atoms with Gasteiger partial charge in [0.15, 0.2) is 0 Å². The number of hydrogen-bond acceptors (Lipinski definition) is 8. The molecule has 2 saturated heterocycles. The molecule has 0 aliphatic carbocycles. The Labute approximate surface area is 164 Å². The van der Waals surface area contributed by atoms with Crippen LogP contribution in [0.4, 0.5) is 0 Å². The summed E-state index contributed by atoms with van der Waals surface area (Å²) in [6, 6.07) is 0.310. The van der Waals surface area contributed by atoms with E-state index in [-0.39, 0.29) is 30.5 Å². The van der Waals surface area contributed by atoms with E-state index in [1.165, 1.54) is 33.2 Å². The fourth-order valence-electron chi connectivity index (χ4n) is 4.18. The summed E-state index contributed by atoms with van der Waals surface area (Å²) in [6.45, 7) is 5.07. The SMILES string of the molecule is C=C(C)C(=O)OCC12C=CC(O1)C1C(=O)N(CC[SiH-](OC)(OC)OC)C(=O)C12. The van der Waals surface area contributed by atoms with Gasteiger partial charge in [-0.1, -0.05) is 0 Å². The van der Waals surface area contributed by atoms with Gasteiger partial charge in [-0.2, -0.15) is 0 Å². The van der Waals surface area contributed by atoms with Crippen molar-refractivity contribution in [2.75, 3.05) is 34.5 Å². The molecule has 0 N–H and O–H groups in total. The second kappa shape index (κ2) is 7.52. The van der Waals surface area contributed by atoms with Crippen molar-refractivity contribution in [3.05, 3.63) is 24.3 Å². The Hall–Kier alpha value is -1.85. The molecule has 0 aromatic carbocycles. The van der Waals surface area contributed by atoms with Crippen molar-refractivity contribution in [2.45, 2.75) is 24.7 Å². The molecule has 0 radical (unpaired) electrons. The van der Waals surface area contributed by atoms with Crippen molar-refractivity contribution in [1.29, 1.82) is 0 Å². The number of carbonyl (C=O) groups is 3. The minimum atomic E-state index is -3.25. The maximum atomic E-state index is 13.1. The molecule has 156 valence electrons. The predicted octanol–water partition coefficient (Wildman–Crippen LogP) is 0.0247. The van der Waals surface area contributed by atoms with Crippen LogP contribution in [0.25, 0.3) is 0 Å². The molecule has 3 aliphatic heterocycles. The molecule has 2 fully saturated rings. The monoisotopic (exact) mass is 412 g/mol. The van der Waals surface area contributed by atoms with E-state index in [2.05, 4.69) is 6.58 Å². The molecular formula is C18H26NO8Si-. The normalized spacial score (nSPS) is 31.4. The molecule has 0 saturated carbocycles. The number of carbonyl (C=O) groups excluding carboxylic acids is 3. The number of esters is 1. The van der Waals surface area contributed by atoms with Crippen molar-refractivity contribution in [1.82, 2.24) is 4.90 Å². The third-order valence-electron chi connectivity index (χ3n) is 5.81. The van der Waals surface area contributed by atoms with E-state index in [9.17, 15) is 14.4 Å². The maximum absolute atomic E-state index is 13.1. The van der Waals surface area contributed by atoms with Gasteiger partial charge in [-0.05, 0) is 0 Å². The molecule has 0 spiro atoms. The van der Waals surface area contributed by atoms with Crippen LogP contribution in [0.1, 0.15) is 6.92 Å². The summed E-state index contributed by atoms with van der Waals surface area (Å²) in [7, 11) is 1.22. The van der Waals surface area contributed by atoms with Gasteiger partial charge in [0.1, 0.15) is 0 Å². The fraction of sp³-hybridized carbons (Fsp3) is 0.611. The summed E-state index contributed by atoms with van der Waals surface area (Å²) in [4.78, 5) is 39.0. The van der Waals surface area contributed by atoms with Gasteiger partial charge in [0.25, 0.3) is 0 Å². The first-order valence-corrected chi connectivity index (χ1v) is 11.3. The second-order valence-corrected chi connectivity index (χ2v) is 10.9. The van der Waals surface area contributed by atoms with Crippen LogP contribution in [0.5, 0.6) is 0 Å². The molecule has 3 rings (SSSR count). The van der Waals surface area contributed by atoms with E-state index in [1.54, 1.807) is 12.2 Å². The molecule has 9 nitrogen and oxygen atoms in total. The van der Waals surface area contributed by atoms with Crippen LogP contribution in [0, 0.1) is 11.8 Å². The van der Waals surface area contributed by atoms with Gasteiger partial charge in [0.05, 0.1) is 0 Å². The Morgan fingerprint density at radius 2 is 1.89 bits per heavy atom. The number of amides is 2. The zero-order valence-corrected chi connectivity index (χ0v) is 17.7. The van der Waals surface area contributed by atoms with Crippen LogP contribution in [0.15, 0.2) is 24.3 Å². The zero-order chi connectivity index (χ0) is 20.7. The summed E-state index contributed by atoms with van der Waals surface area (Å²) in [5, 5.41) is 0. The first-order valence-electron chi connectivity index (χ1n) is 9.09. The van der Waals surface area contributed by atoms with Crippen molar-refractivity contribution < 1.29 is 37.1 Å². The predicted molar refractivity (Wildman–Crippen MR) is 99.2 cm³/mol. The van der Waals surface area contributed by atoms with Crippen molar-refractivity contribution in [3.8, 4) is 0 Å². The molecule has 0 aromatic rings. The van der Waals surface area contributed by atoms with Crippen LogP contribution in [0.2, 0.25) is 6.04 Å². The number of fused-ring (bicyclic) bond motifs is 5. The summed E-state index contributed by atoms with van der Waals surface area (Å²) >= 11 is 0. The molecular weight excluding hydrogens is 386 g/mol. The number of rotatable bonds is 9. The van der Waals surface area contributed by atoms with E-state index in [4.69, 9.17) is 22.8 Å². The van der Waals surface area contributed by atoms with Gasteiger partial charge < -0.3 is 0 Å². The van der Waals surface area contributed by atoms with Gasteiger partial charge in [0.2, 0.25) is 0 Å². The Balaban J connectivity index is 1.76. The van der Waals surface area contributed by atoms with Gasteiger partial charge in [-0.25, -0.2) is 0 Å². The van der Waals surface area contributed by atoms with E-state index in [1.807, 2.05) is 0 Å². The quantitative estimate of drug-likeness (QED) is 0.172.